The van der Waals surface area contributed by atoms with Gasteiger partial charge in [0.2, 0.25) is 0 Å². The van der Waals surface area contributed by atoms with Gasteiger partial charge in [0.15, 0.2) is 5.82 Å². The summed E-state index contributed by atoms with van der Waals surface area (Å²) in [6.45, 7) is 6.23. The normalized spacial score (nSPS) is 11.1. The van der Waals surface area contributed by atoms with Crippen molar-refractivity contribution >= 4 is 33.1 Å². The van der Waals surface area contributed by atoms with Gasteiger partial charge in [-0.2, -0.15) is 5.10 Å². The van der Waals surface area contributed by atoms with E-state index in [1.54, 1.807) is 4.68 Å². The van der Waals surface area contributed by atoms with Crippen LogP contribution in [0.25, 0.3) is 0 Å². The van der Waals surface area contributed by atoms with Crippen LogP contribution in [-0.4, -0.2) is 9.78 Å². The second-order valence-corrected chi connectivity index (χ2v) is 5.89. The number of nitrogens with two attached hydrogens (primary N) is 1. The Bertz CT molecular complexity index is 602. The Hall–Kier alpha value is -1.49. The Morgan fingerprint density at radius 1 is 1.37 bits per heavy atom. The molecule has 0 saturated heterocycles. The quantitative estimate of drug-likeness (QED) is 0.899. The average Bonchev–Trinajstić information content (AvgIpc) is 2.60. The molecule has 102 valence electrons. The fraction of sp³-hybridized carbons (Fsp3) is 0.357. The zero-order valence-electron chi connectivity index (χ0n) is 11.7. The van der Waals surface area contributed by atoms with Gasteiger partial charge in [-0.15, -0.1) is 0 Å². The van der Waals surface area contributed by atoms with Crippen molar-refractivity contribution in [2.75, 3.05) is 11.1 Å². The van der Waals surface area contributed by atoms with E-state index in [1.807, 2.05) is 13.1 Å². The van der Waals surface area contributed by atoms with E-state index in [9.17, 15) is 0 Å². The van der Waals surface area contributed by atoms with Gasteiger partial charge in [-0.25, -0.2) is 0 Å². The molecule has 0 unspecified atom stereocenters. The number of rotatable bonds is 3. The molecule has 0 saturated carbocycles. The molecule has 3 N–H and O–H groups in total. The van der Waals surface area contributed by atoms with Gasteiger partial charge in [0.1, 0.15) is 0 Å². The number of nitrogens with one attached hydrogen (secondary N) is 1. The first-order valence-corrected chi connectivity index (χ1v) is 7.05. The van der Waals surface area contributed by atoms with Crippen LogP contribution in [0.1, 0.15) is 31.0 Å². The van der Waals surface area contributed by atoms with E-state index in [4.69, 9.17) is 5.73 Å². The molecule has 1 aromatic heterocycles. The minimum atomic E-state index is 0.309. The molecule has 0 fully saturated rings. The maximum atomic E-state index is 6.17. The zero-order chi connectivity index (χ0) is 14.2. The smallest absolute Gasteiger partial charge is 0.152 e. The first-order chi connectivity index (χ1) is 8.90. The molecule has 0 spiro atoms. The first-order valence-electron chi connectivity index (χ1n) is 6.25. The van der Waals surface area contributed by atoms with Crippen LogP contribution in [0, 0.1) is 6.92 Å². The number of anilines is 3. The van der Waals surface area contributed by atoms with Crippen molar-refractivity contribution in [3.05, 3.63) is 33.9 Å². The van der Waals surface area contributed by atoms with E-state index in [-0.39, 0.29) is 0 Å². The van der Waals surface area contributed by atoms with E-state index >= 15 is 0 Å². The second-order valence-electron chi connectivity index (χ2n) is 5.03. The van der Waals surface area contributed by atoms with Crippen molar-refractivity contribution in [3.8, 4) is 0 Å². The van der Waals surface area contributed by atoms with Gasteiger partial charge >= 0.3 is 0 Å². The lowest BCUT2D eigenvalue weighted by molar-refractivity contribution is 0.718. The van der Waals surface area contributed by atoms with Gasteiger partial charge < -0.3 is 11.1 Å². The summed E-state index contributed by atoms with van der Waals surface area (Å²) >= 11 is 3.56. The number of nitrogen functional groups attached to an aromatic ring is 1. The van der Waals surface area contributed by atoms with Crippen molar-refractivity contribution in [1.29, 1.82) is 0 Å². The van der Waals surface area contributed by atoms with Gasteiger partial charge in [-0.3, -0.25) is 4.68 Å². The highest BCUT2D eigenvalue weighted by molar-refractivity contribution is 9.10. The van der Waals surface area contributed by atoms with Crippen LogP contribution in [0.15, 0.2) is 22.7 Å². The summed E-state index contributed by atoms with van der Waals surface area (Å²) in [6.07, 6.45) is 0. The molecule has 5 heteroatoms. The van der Waals surface area contributed by atoms with E-state index in [2.05, 4.69) is 59.2 Å². The standard InChI is InChI=1S/C14H19BrN4/c1-8(2)13-12(16)14(19(4)18-13)17-11-6-5-9(3)7-10(11)15/h5-8,17H,16H2,1-4H3. The third kappa shape index (κ3) is 2.76. The predicted molar refractivity (Wildman–Crippen MR) is 83.9 cm³/mol. The topological polar surface area (TPSA) is 55.9 Å². The number of aromatic nitrogens is 2. The van der Waals surface area contributed by atoms with Crippen LogP contribution in [-0.2, 0) is 7.05 Å². The van der Waals surface area contributed by atoms with Crippen LogP contribution in [0.2, 0.25) is 0 Å². The molecule has 0 aliphatic rings. The predicted octanol–water partition coefficient (Wildman–Crippen LogP) is 3.94. The maximum Gasteiger partial charge on any atom is 0.152 e. The monoisotopic (exact) mass is 322 g/mol. The molecule has 2 rings (SSSR count). The lowest BCUT2D eigenvalue weighted by Crippen LogP contribution is -2.01. The number of benzene rings is 1. The number of hydrogen-bond donors (Lipinski definition) is 2. The largest absolute Gasteiger partial charge is 0.394 e. The lowest BCUT2D eigenvalue weighted by Gasteiger charge is -2.10. The molecule has 1 heterocycles. The van der Waals surface area contributed by atoms with Crippen molar-refractivity contribution < 1.29 is 0 Å². The minimum Gasteiger partial charge on any atom is -0.394 e. The number of nitrogens with zero attached hydrogens (tertiary/aromatic N) is 2. The molecule has 0 amide bonds. The number of halogens is 1. The highest BCUT2D eigenvalue weighted by Gasteiger charge is 2.16. The Kier molecular flexibility index (Phi) is 3.85. The van der Waals surface area contributed by atoms with E-state index < -0.39 is 0 Å². The molecule has 4 nitrogen and oxygen atoms in total. The van der Waals surface area contributed by atoms with Gasteiger partial charge in [0.05, 0.1) is 17.1 Å². The van der Waals surface area contributed by atoms with Gasteiger partial charge in [-0.1, -0.05) is 19.9 Å². The molecular formula is C14H19BrN4. The summed E-state index contributed by atoms with van der Waals surface area (Å²) in [7, 11) is 1.90. The molecule has 2 aromatic rings. The molecule has 0 bridgehead atoms. The van der Waals surface area contributed by atoms with E-state index in [0.717, 1.165) is 21.7 Å². The average molecular weight is 323 g/mol. The van der Waals surface area contributed by atoms with E-state index in [0.29, 0.717) is 11.6 Å². The molecule has 0 aliphatic heterocycles. The molecule has 0 aliphatic carbocycles. The third-order valence-electron chi connectivity index (χ3n) is 3.04. The van der Waals surface area contributed by atoms with Crippen LogP contribution in [0.5, 0.6) is 0 Å². The number of hydrogen-bond acceptors (Lipinski definition) is 3. The van der Waals surface area contributed by atoms with E-state index in [1.165, 1.54) is 5.56 Å². The molecule has 0 radical (unpaired) electrons. The van der Waals surface area contributed by atoms with Crippen LogP contribution in [0.3, 0.4) is 0 Å². The molecular weight excluding hydrogens is 304 g/mol. The summed E-state index contributed by atoms with van der Waals surface area (Å²) in [5.74, 6) is 1.14. The maximum absolute atomic E-state index is 6.17. The SMILES string of the molecule is Cc1ccc(Nc2c(N)c(C(C)C)nn2C)c(Br)c1. The summed E-state index contributed by atoms with van der Waals surface area (Å²) < 4.78 is 2.80. The van der Waals surface area contributed by atoms with Gasteiger partial charge in [0.25, 0.3) is 0 Å². The van der Waals surface area contributed by atoms with Crippen LogP contribution < -0.4 is 11.1 Å². The van der Waals surface area contributed by atoms with Gasteiger partial charge in [-0.05, 0) is 46.5 Å². The Morgan fingerprint density at radius 3 is 2.58 bits per heavy atom. The summed E-state index contributed by atoms with van der Waals surface area (Å²) in [4.78, 5) is 0. The van der Waals surface area contributed by atoms with Crippen molar-refractivity contribution in [1.82, 2.24) is 9.78 Å². The highest BCUT2D eigenvalue weighted by atomic mass is 79.9. The van der Waals surface area contributed by atoms with Crippen molar-refractivity contribution in [3.63, 3.8) is 0 Å². The summed E-state index contributed by atoms with van der Waals surface area (Å²) in [5, 5.41) is 7.81. The van der Waals surface area contributed by atoms with Crippen LogP contribution >= 0.6 is 15.9 Å². The Morgan fingerprint density at radius 2 is 2.05 bits per heavy atom. The Balaban J connectivity index is 2.38. The van der Waals surface area contributed by atoms with Crippen molar-refractivity contribution in [2.24, 2.45) is 7.05 Å². The molecule has 0 atom stereocenters. The Labute approximate surface area is 122 Å². The van der Waals surface area contributed by atoms with Gasteiger partial charge in [0, 0.05) is 11.5 Å². The second kappa shape index (κ2) is 5.25. The van der Waals surface area contributed by atoms with Crippen LogP contribution in [0.4, 0.5) is 17.2 Å². The fourth-order valence-electron chi connectivity index (χ4n) is 1.98. The van der Waals surface area contributed by atoms with Crippen molar-refractivity contribution in [2.45, 2.75) is 26.7 Å². The minimum absolute atomic E-state index is 0.309. The summed E-state index contributed by atoms with van der Waals surface area (Å²) in [6, 6.07) is 6.15. The highest BCUT2D eigenvalue weighted by Crippen LogP contribution is 2.32. The molecule has 19 heavy (non-hydrogen) atoms. The number of aryl methyl sites for hydroxylation is 2. The lowest BCUT2D eigenvalue weighted by atomic mass is 10.1. The first kappa shape index (κ1) is 13.9. The fourth-order valence-corrected chi connectivity index (χ4v) is 2.58. The summed E-state index contributed by atoms with van der Waals surface area (Å²) in [5.41, 5.74) is 10.00. The zero-order valence-corrected chi connectivity index (χ0v) is 13.2. The third-order valence-corrected chi connectivity index (χ3v) is 3.69. The molecule has 1 aromatic carbocycles.